The molecule has 0 aliphatic rings. The van der Waals surface area contributed by atoms with Crippen LogP contribution in [0.5, 0.6) is 5.75 Å². The van der Waals surface area contributed by atoms with E-state index in [1.165, 1.54) is 12.1 Å². The Balaban J connectivity index is 1.87. The molecule has 0 bridgehead atoms. The maximum atomic E-state index is 12.9. The van der Waals surface area contributed by atoms with Crippen molar-refractivity contribution in [3.8, 4) is 5.75 Å². The van der Waals surface area contributed by atoms with Crippen LogP contribution in [0, 0.1) is 5.82 Å². The summed E-state index contributed by atoms with van der Waals surface area (Å²) in [5.74, 6) is 0.389. The van der Waals surface area contributed by atoms with Gasteiger partial charge < -0.3 is 15.0 Å². The van der Waals surface area contributed by atoms with Gasteiger partial charge in [-0.15, -0.1) is 0 Å². The maximum Gasteiger partial charge on any atom is 0.128 e. The second kappa shape index (κ2) is 5.58. The predicted octanol–water partition coefficient (Wildman–Crippen LogP) is 3.36. The molecular formula is C17H17FN2O. The Bertz CT molecular complexity index is 762. The number of nitrogens with zero attached hydrogens (tertiary/aromatic N) is 1. The van der Waals surface area contributed by atoms with Crippen LogP contribution in [0.15, 0.2) is 48.5 Å². The van der Waals surface area contributed by atoms with Crippen molar-refractivity contribution in [2.45, 2.75) is 13.2 Å². The van der Waals surface area contributed by atoms with Crippen LogP contribution in [0.2, 0.25) is 0 Å². The Hall–Kier alpha value is -2.33. The smallest absolute Gasteiger partial charge is 0.128 e. The average Bonchev–Trinajstić information content (AvgIpc) is 2.83. The number of aromatic nitrogens is 1. The van der Waals surface area contributed by atoms with Crippen LogP contribution >= 0.6 is 0 Å². The number of aryl methyl sites for hydroxylation is 1. The Morgan fingerprint density at radius 1 is 1.14 bits per heavy atom. The summed E-state index contributed by atoms with van der Waals surface area (Å²) in [5, 5.41) is 1.15. The van der Waals surface area contributed by atoms with Crippen molar-refractivity contribution in [3.05, 3.63) is 65.6 Å². The molecule has 3 nitrogen and oxygen atoms in total. The number of halogens is 1. The third-order valence-corrected chi connectivity index (χ3v) is 3.70. The Morgan fingerprint density at radius 3 is 2.62 bits per heavy atom. The molecule has 0 unspecified atom stereocenters. The second-order valence-corrected chi connectivity index (χ2v) is 4.99. The highest BCUT2D eigenvalue weighted by molar-refractivity contribution is 5.84. The van der Waals surface area contributed by atoms with Gasteiger partial charge in [-0.3, -0.25) is 0 Å². The summed E-state index contributed by atoms with van der Waals surface area (Å²) in [5.41, 5.74) is 9.09. The van der Waals surface area contributed by atoms with Crippen LogP contribution in [0.25, 0.3) is 10.9 Å². The highest BCUT2D eigenvalue weighted by Gasteiger charge is 2.09. The molecule has 0 fully saturated rings. The van der Waals surface area contributed by atoms with Gasteiger partial charge in [0.25, 0.3) is 0 Å². The van der Waals surface area contributed by atoms with Crippen molar-refractivity contribution in [1.29, 1.82) is 0 Å². The lowest BCUT2D eigenvalue weighted by Crippen LogP contribution is -2.01. The number of benzene rings is 2. The van der Waals surface area contributed by atoms with Crippen molar-refractivity contribution < 1.29 is 9.13 Å². The van der Waals surface area contributed by atoms with E-state index in [1.54, 1.807) is 12.1 Å². The normalized spacial score (nSPS) is 11.0. The number of fused-ring (bicyclic) bond motifs is 1. The zero-order chi connectivity index (χ0) is 14.8. The minimum absolute atomic E-state index is 0.264. The lowest BCUT2D eigenvalue weighted by atomic mass is 10.1. The molecule has 0 spiro atoms. The van der Waals surface area contributed by atoms with Crippen molar-refractivity contribution >= 4 is 10.9 Å². The molecule has 0 atom stereocenters. The summed E-state index contributed by atoms with van der Waals surface area (Å²) in [6.07, 6.45) is 0. The van der Waals surface area contributed by atoms with Gasteiger partial charge in [0, 0.05) is 24.5 Å². The van der Waals surface area contributed by atoms with E-state index in [9.17, 15) is 4.39 Å². The predicted molar refractivity (Wildman–Crippen MR) is 81.5 cm³/mol. The Morgan fingerprint density at radius 2 is 1.90 bits per heavy atom. The van der Waals surface area contributed by atoms with E-state index in [2.05, 4.69) is 16.7 Å². The molecule has 21 heavy (non-hydrogen) atoms. The van der Waals surface area contributed by atoms with Gasteiger partial charge in [-0.05, 0) is 42.0 Å². The fraction of sp³-hybridized carbons (Fsp3) is 0.176. The average molecular weight is 284 g/mol. The largest absolute Gasteiger partial charge is 0.487 e. The van der Waals surface area contributed by atoms with Gasteiger partial charge >= 0.3 is 0 Å². The van der Waals surface area contributed by atoms with E-state index < -0.39 is 0 Å². The summed E-state index contributed by atoms with van der Waals surface area (Å²) in [6, 6.07) is 14.2. The van der Waals surface area contributed by atoms with E-state index >= 15 is 0 Å². The molecule has 4 heteroatoms. The molecule has 3 aromatic rings. The van der Waals surface area contributed by atoms with Gasteiger partial charge in [0.15, 0.2) is 0 Å². The first-order chi connectivity index (χ1) is 10.2. The summed E-state index contributed by atoms with van der Waals surface area (Å²) in [7, 11) is 2.01. The summed E-state index contributed by atoms with van der Waals surface area (Å²) >= 11 is 0. The van der Waals surface area contributed by atoms with Gasteiger partial charge in [0.1, 0.15) is 18.2 Å². The topological polar surface area (TPSA) is 40.2 Å². The van der Waals surface area contributed by atoms with E-state index in [-0.39, 0.29) is 5.82 Å². The molecule has 2 N–H and O–H groups in total. The monoisotopic (exact) mass is 284 g/mol. The number of nitrogens with two attached hydrogens (primary N) is 1. The van der Waals surface area contributed by atoms with Gasteiger partial charge in [-0.1, -0.05) is 12.1 Å². The van der Waals surface area contributed by atoms with Crippen LogP contribution in [-0.4, -0.2) is 4.57 Å². The Labute approximate surface area is 122 Å². The number of hydrogen-bond donors (Lipinski definition) is 1. The van der Waals surface area contributed by atoms with Gasteiger partial charge in [-0.2, -0.15) is 0 Å². The van der Waals surface area contributed by atoms with E-state index in [0.29, 0.717) is 18.9 Å². The zero-order valence-electron chi connectivity index (χ0n) is 11.8. The molecule has 1 heterocycles. The molecular weight excluding hydrogens is 267 g/mol. The molecule has 2 aromatic carbocycles. The number of hydrogen-bond acceptors (Lipinski definition) is 2. The SMILES string of the molecule is Cn1c(COc2ccc(F)cc2)cc2c(CN)cccc21. The highest BCUT2D eigenvalue weighted by atomic mass is 19.1. The zero-order valence-corrected chi connectivity index (χ0v) is 11.8. The fourth-order valence-electron chi connectivity index (χ4n) is 2.48. The minimum Gasteiger partial charge on any atom is -0.487 e. The van der Waals surface area contributed by atoms with Crippen LogP contribution in [0.1, 0.15) is 11.3 Å². The lowest BCUT2D eigenvalue weighted by Gasteiger charge is -2.07. The third kappa shape index (κ3) is 2.62. The fourth-order valence-corrected chi connectivity index (χ4v) is 2.48. The maximum absolute atomic E-state index is 12.9. The first kappa shape index (κ1) is 13.6. The molecule has 0 aliphatic heterocycles. The quantitative estimate of drug-likeness (QED) is 0.798. The van der Waals surface area contributed by atoms with E-state index in [4.69, 9.17) is 10.5 Å². The van der Waals surface area contributed by atoms with Gasteiger partial charge in [0.2, 0.25) is 0 Å². The molecule has 108 valence electrons. The van der Waals surface area contributed by atoms with E-state index in [0.717, 1.165) is 22.2 Å². The second-order valence-electron chi connectivity index (χ2n) is 4.99. The highest BCUT2D eigenvalue weighted by Crippen LogP contribution is 2.23. The number of ether oxygens (including phenoxy) is 1. The van der Waals surface area contributed by atoms with Crippen LogP contribution < -0.4 is 10.5 Å². The summed E-state index contributed by atoms with van der Waals surface area (Å²) in [6.45, 7) is 0.945. The van der Waals surface area contributed by atoms with Crippen LogP contribution in [-0.2, 0) is 20.2 Å². The van der Waals surface area contributed by atoms with Crippen LogP contribution in [0.4, 0.5) is 4.39 Å². The molecule has 0 amide bonds. The summed E-state index contributed by atoms with van der Waals surface area (Å²) in [4.78, 5) is 0. The van der Waals surface area contributed by atoms with Crippen LogP contribution in [0.3, 0.4) is 0 Å². The van der Waals surface area contributed by atoms with Crippen molar-refractivity contribution in [3.63, 3.8) is 0 Å². The molecule has 3 rings (SSSR count). The van der Waals surface area contributed by atoms with Gasteiger partial charge in [-0.25, -0.2) is 4.39 Å². The van der Waals surface area contributed by atoms with Crippen molar-refractivity contribution in [2.24, 2.45) is 12.8 Å². The molecule has 0 aliphatic carbocycles. The molecule has 0 saturated carbocycles. The lowest BCUT2D eigenvalue weighted by molar-refractivity contribution is 0.297. The standard InChI is InChI=1S/C17H17FN2O/c1-20-14(11-21-15-7-5-13(18)6-8-15)9-16-12(10-19)3-2-4-17(16)20/h2-9H,10-11,19H2,1H3. The van der Waals surface area contributed by atoms with Gasteiger partial charge in [0.05, 0.1) is 5.69 Å². The number of rotatable bonds is 4. The van der Waals surface area contributed by atoms with E-state index in [1.807, 2.05) is 19.2 Å². The van der Waals surface area contributed by atoms with Crippen molar-refractivity contribution in [2.75, 3.05) is 0 Å². The summed E-state index contributed by atoms with van der Waals surface area (Å²) < 4.78 is 20.7. The first-order valence-corrected chi connectivity index (χ1v) is 6.83. The third-order valence-electron chi connectivity index (χ3n) is 3.70. The molecule has 0 radical (unpaired) electrons. The minimum atomic E-state index is -0.264. The molecule has 0 saturated heterocycles. The molecule has 1 aromatic heterocycles. The van der Waals surface area contributed by atoms with Crippen molar-refractivity contribution in [1.82, 2.24) is 4.57 Å². The Kier molecular flexibility index (Phi) is 3.62. The first-order valence-electron chi connectivity index (χ1n) is 6.83.